The van der Waals surface area contributed by atoms with Crippen LogP contribution in [0.25, 0.3) is 0 Å². The van der Waals surface area contributed by atoms with Crippen LogP contribution in [-0.4, -0.2) is 48.7 Å². The molecule has 2 aromatic rings. The van der Waals surface area contributed by atoms with E-state index in [0.29, 0.717) is 30.1 Å². The van der Waals surface area contributed by atoms with Gasteiger partial charge in [0.25, 0.3) is 11.8 Å². The number of urea groups is 1. The maximum Gasteiger partial charge on any atom is 0.344 e. The number of carbonyl (C=O) groups is 3. The van der Waals surface area contributed by atoms with Gasteiger partial charge in [0.2, 0.25) is 10.0 Å². The van der Waals surface area contributed by atoms with Crippen molar-refractivity contribution >= 4 is 27.9 Å². The van der Waals surface area contributed by atoms with Crippen molar-refractivity contribution in [1.82, 2.24) is 20.1 Å². The van der Waals surface area contributed by atoms with E-state index in [1.807, 2.05) is 0 Å². The molecule has 2 aromatic carbocycles. The molecule has 0 saturated carbocycles. The molecule has 170 valence electrons. The van der Waals surface area contributed by atoms with Crippen molar-refractivity contribution in [2.75, 3.05) is 13.1 Å². The maximum absolute atomic E-state index is 13.1. The first kappa shape index (κ1) is 23.4. The minimum atomic E-state index is -3.66. The molecule has 0 unspecified atom stereocenters. The van der Waals surface area contributed by atoms with Crippen molar-refractivity contribution in [3.63, 3.8) is 0 Å². The highest BCUT2D eigenvalue weighted by Gasteiger charge is 2.52. The van der Waals surface area contributed by atoms with Crippen molar-refractivity contribution < 1.29 is 22.8 Å². The Labute approximate surface area is 187 Å². The number of rotatable bonds is 8. The number of nitrogens with one attached hydrogen (secondary N) is 2. The smallest absolute Gasteiger partial charge is 0.318 e. The van der Waals surface area contributed by atoms with Gasteiger partial charge in [-0.3, -0.25) is 15.0 Å². The normalized spacial score (nSPS) is 18.7. The molecule has 2 N–H and O–H groups in total. The Morgan fingerprint density at radius 2 is 1.59 bits per heavy atom. The minimum Gasteiger partial charge on any atom is -0.318 e. The second-order valence-electron chi connectivity index (χ2n) is 7.25. The first-order chi connectivity index (χ1) is 15.2. The molecule has 0 spiro atoms. The van der Waals surface area contributed by atoms with Crippen LogP contribution in [0.4, 0.5) is 4.79 Å². The summed E-state index contributed by atoms with van der Waals surface area (Å²) in [6.45, 7) is 5.91. The summed E-state index contributed by atoms with van der Waals surface area (Å²) in [4.78, 5) is 38.4. The quantitative estimate of drug-likeness (QED) is 0.589. The second kappa shape index (κ2) is 9.09. The van der Waals surface area contributed by atoms with Gasteiger partial charge in [0.05, 0.1) is 4.90 Å². The van der Waals surface area contributed by atoms with E-state index in [1.165, 1.54) is 28.6 Å². The lowest BCUT2D eigenvalue weighted by Gasteiger charge is -2.25. The number of hydrogen-bond acceptors (Lipinski definition) is 5. The molecular formula is C22H26N4O5S. The molecule has 1 aliphatic heterocycles. The number of nitrogens with zero attached hydrogens (tertiary/aromatic N) is 2. The standard InChI is InChI=1S/C22H26N4O5S/c1-4-22(17-10-8-7-9-11-17)20(28)26(21(29)23-22)24-19(27)16-12-14-18(15-13-16)32(30,31)25(5-2)6-3/h7-15H,4-6H2,1-3H3,(H,23,29)(H,24,27)/t22-/m0/s1. The Balaban J connectivity index is 1.80. The predicted molar refractivity (Wildman–Crippen MR) is 118 cm³/mol. The molecule has 1 atom stereocenters. The minimum absolute atomic E-state index is 0.0572. The van der Waals surface area contributed by atoms with Gasteiger partial charge in [-0.15, -0.1) is 0 Å². The van der Waals surface area contributed by atoms with Crippen molar-refractivity contribution in [2.24, 2.45) is 0 Å². The number of imide groups is 1. The molecule has 1 fully saturated rings. The van der Waals surface area contributed by atoms with Gasteiger partial charge in [0.1, 0.15) is 5.54 Å². The van der Waals surface area contributed by atoms with E-state index >= 15 is 0 Å². The Morgan fingerprint density at radius 3 is 2.12 bits per heavy atom. The third-order valence-electron chi connectivity index (χ3n) is 5.56. The highest BCUT2D eigenvalue weighted by molar-refractivity contribution is 7.89. The van der Waals surface area contributed by atoms with E-state index in [0.717, 1.165) is 0 Å². The topological polar surface area (TPSA) is 116 Å². The zero-order chi connectivity index (χ0) is 23.5. The molecule has 3 rings (SSSR count). The van der Waals surface area contributed by atoms with Gasteiger partial charge >= 0.3 is 6.03 Å². The van der Waals surface area contributed by atoms with E-state index < -0.39 is 33.4 Å². The first-order valence-corrected chi connectivity index (χ1v) is 11.8. The number of hydrazine groups is 1. The van der Waals surface area contributed by atoms with Gasteiger partial charge in [-0.05, 0) is 36.2 Å². The molecule has 9 nitrogen and oxygen atoms in total. The monoisotopic (exact) mass is 458 g/mol. The zero-order valence-corrected chi connectivity index (χ0v) is 19.0. The van der Waals surface area contributed by atoms with Crippen molar-refractivity contribution in [3.05, 3.63) is 65.7 Å². The fourth-order valence-electron chi connectivity index (χ4n) is 3.70. The highest BCUT2D eigenvalue weighted by Crippen LogP contribution is 2.31. The van der Waals surface area contributed by atoms with E-state index in [4.69, 9.17) is 0 Å². The number of carbonyl (C=O) groups excluding carboxylic acids is 3. The summed E-state index contributed by atoms with van der Waals surface area (Å²) >= 11 is 0. The van der Waals surface area contributed by atoms with Crippen LogP contribution in [0, 0.1) is 0 Å². The van der Waals surface area contributed by atoms with Crippen LogP contribution in [0.3, 0.4) is 0 Å². The highest BCUT2D eigenvalue weighted by atomic mass is 32.2. The van der Waals surface area contributed by atoms with Crippen molar-refractivity contribution in [1.29, 1.82) is 0 Å². The van der Waals surface area contributed by atoms with Gasteiger partial charge in [-0.2, -0.15) is 9.31 Å². The molecule has 1 heterocycles. The third kappa shape index (κ3) is 3.98. The molecule has 0 bridgehead atoms. The summed E-state index contributed by atoms with van der Waals surface area (Å²) < 4.78 is 26.5. The fourth-order valence-corrected chi connectivity index (χ4v) is 5.15. The Kier molecular flexibility index (Phi) is 6.65. The molecule has 1 saturated heterocycles. The number of amides is 4. The lowest BCUT2D eigenvalue weighted by molar-refractivity contribution is -0.133. The molecule has 0 radical (unpaired) electrons. The predicted octanol–water partition coefficient (Wildman–Crippen LogP) is 2.22. The molecule has 0 aromatic heterocycles. The summed E-state index contributed by atoms with van der Waals surface area (Å²) in [6, 6.07) is 13.4. The number of hydrogen-bond donors (Lipinski definition) is 2. The van der Waals surface area contributed by atoms with Crippen LogP contribution in [0.1, 0.15) is 43.1 Å². The van der Waals surface area contributed by atoms with E-state index in [-0.39, 0.29) is 10.5 Å². The van der Waals surface area contributed by atoms with Crippen molar-refractivity contribution in [2.45, 2.75) is 37.6 Å². The average Bonchev–Trinajstić information content (AvgIpc) is 3.05. The van der Waals surface area contributed by atoms with Crippen LogP contribution in [0.2, 0.25) is 0 Å². The van der Waals surface area contributed by atoms with Crippen LogP contribution in [0.15, 0.2) is 59.5 Å². The van der Waals surface area contributed by atoms with Gasteiger partial charge < -0.3 is 5.32 Å². The summed E-state index contributed by atoms with van der Waals surface area (Å²) in [5.74, 6) is -1.30. The van der Waals surface area contributed by atoms with E-state index in [9.17, 15) is 22.8 Å². The van der Waals surface area contributed by atoms with Gasteiger partial charge in [-0.25, -0.2) is 13.2 Å². The molecule has 4 amide bonds. The number of benzene rings is 2. The summed E-state index contributed by atoms with van der Waals surface area (Å²) in [7, 11) is -3.66. The van der Waals surface area contributed by atoms with Crippen LogP contribution < -0.4 is 10.7 Å². The lowest BCUT2D eigenvalue weighted by Crippen LogP contribution is -2.48. The van der Waals surface area contributed by atoms with Crippen LogP contribution >= 0.6 is 0 Å². The molecule has 32 heavy (non-hydrogen) atoms. The third-order valence-corrected chi connectivity index (χ3v) is 7.63. The van der Waals surface area contributed by atoms with Gasteiger partial charge in [-0.1, -0.05) is 51.1 Å². The van der Waals surface area contributed by atoms with Crippen LogP contribution in [0.5, 0.6) is 0 Å². The summed E-state index contributed by atoms with van der Waals surface area (Å²) in [5.41, 5.74) is 1.78. The molecule has 10 heteroatoms. The zero-order valence-electron chi connectivity index (χ0n) is 18.2. The SMILES string of the molecule is CCN(CC)S(=O)(=O)c1ccc(C(=O)NN2C(=O)N[C@@](CC)(c3ccccc3)C2=O)cc1. The van der Waals surface area contributed by atoms with Crippen molar-refractivity contribution in [3.8, 4) is 0 Å². The lowest BCUT2D eigenvalue weighted by atomic mass is 9.87. The average molecular weight is 459 g/mol. The molecular weight excluding hydrogens is 432 g/mol. The summed E-state index contributed by atoms with van der Waals surface area (Å²) in [5, 5.41) is 3.35. The second-order valence-corrected chi connectivity index (χ2v) is 9.19. The Hall–Kier alpha value is -3.24. The van der Waals surface area contributed by atoms with Crippen LogP contribution in [-0.2, 0) is 20.4 Å². The Morgan fingerprint density at radius 1 is 1.00 bits per heavy atom. The fraction of sp³-hybridized carbons (Fsp3) is 0.318. The first-order valence-electron chi connectivity index (χ1n) is 10.3. The molecule has 1 aliphatic rings. The van der Waals surface area contributed by atoms with E-state index in [2.05, 4.69) is 10.7 Å². The van der Waals surface area contributed by atoms with Gasteiger partial charge in [0.15, 0.2) is 0 Å². The molecule has 0 aliphatic carbocycles. The largest absolute Gasteiger partial charge is 0.344 e. The Bertz CT molecular complexity index is 1110. The van der Waals surface area contributed by atoms with Gasteiger partial charge in [0, 0.05) is 18.7 Å². The maximum atomic E-state index is 13.1. The number of sulfonamides is 1. The summed E-state index contributed by atoms with van der Waals surface area (Å²) in [6.07, 6.45) is 0.297. The van der Waals surface area contributed by atoms with E-state index in [1.54, 1.807) is 51.1 Å².